The molecule has 13 rings (SSSR count). The molecule has 8 atom stereocenters. The number of aliphatic hydroxyl groups is 3. The average molecular weight is 1020 g/mol. The van der Waals surface area contributed by atoms with Crippen molar-refractivity contribution >= 4 is 48.7 Å². The summed E-state index contributed by atoms with van der Waals surface area (Å²) in [5.74, 6) is 0.916. The number of aliphatic hydroxyl groups excluding tert-OH is 3. The van der Waals surface area contributed by atoms with Gasteiger partial charge in [-0.3, -0.25) is 0 Å². The van der Waals surface area contributed by atoms with E-state index < -0.39 is 23.0 Å². The van der Waals surface area contributed by atoms with Gasteiger partial charge in [0.05, 0.1) is 26.9 Å². The zero-order valence-corrected chi connectivity index (χ0v) is 42.9. The van der Waals surface area contributed by atoms with Crippen molar-refractivity contribution in [3.05, 3.63) is 82.2 Å². The van der Waals surface area contributed by atoms with E-state index in [0.29, 0.717) is 48.5 Å². The molecule has 9 aliphatic rings. The average Bonchev–Trinajstić information content (AvgIpc) is 3.89. The number of ether oxygens (including phenoxy) is 4. The zero-order valence-electron chi connectivity index (χ0n) is 39.6. The predicted molar refractivity (Wildman–Crippen MR) is 277 cm³/mol. The predicted octanol–water partition coefficient (Wildman–Crippen LogP) is 11.3. The van der Waals surface area contributed by atoms with Gasteiger partial charge in [-0.2, -0.15) is 0 Å². The van der Waals surface area contributed by atoms with E-state index in [1.165, 1.54) is 24.7 Å². The first-order chi connectivity index (χ1) is 33.5. The molecule has 0 radical (unpaired) electrons. The summed E-state index contributed by atoms with van der Waals surface area (Å²) in [6, 6.07) is 11.3. The van der Waals surface area contributed by atoms with Gasteiger partial charge in [0, 0.05) is 67.5 Å². The molecule has 1 saturated heterocycles. The van der Waals surface area contributed by atoms with Crippen LogP contribution < -0.4 is 18.9 Å². The second kappa shape index (κ2) is 18.9. The Balaban J connectivity index is 1.20. The summed E-state index contributed by atoms with van der Waals surface area (Å²) in [7, 11) is 9.15. The number of aromatic nitrogens is 1. The van der Waals surface area contributed by atoms with Gasteiger partial charge in [0.15, 0.2) is 17.1 Å². The lowest BCUT2D eigenvalue weighted by Gasteiger charge is -2.55. The van der Waals surface area contributed by atoms with Crippen molar-refractivity contribution in [3.63, 3.8) is 0 Å². The van der Waals surface area contributed by atoms with Crippen LogP contribution in [0.5, 0.6) is 40.2 Å². The van der Waals surface area contributed by atoms with Crippen LogP contribution in [0.15, 0.2) is 54.4 Å². The standard InChI is InChI=1S/C54H65NO10S4/c1-29(2)13-19-63-40-24-37(48(59)50(62-3)49(40)60)54-16-11-41-45(51(54)61)44-39(65-54)25-38(64-20-18-56)43-33-9-8-32(58)23-35(33)36-10-7-30-21-34(31-12-17-55-26-31)46(42(22-30)68-67-41)53(14-5-4-6-15-53)69-66-28-52(36,27-57)47(43)44/h8-9,12,17,23-26,29-30,36,41-42,45,51,55-61H,4-7,10-11,13-16,18-22,27-28H2,1-3H3/t30-,36+,41-,42-,45-,51+,52-,54-/m0/s1. The topological polar surface area (TPSA) is 174 Å². The fraction of sp³-hybridized carbons (Fsp3) is 0.556. The summed E-state index contributed by atoms with van der Waals surface area (Å²) in [6.45, 7) is 4.09. The lowest BCUT2D eigenvalue weighted by molar-refractivity contribution is -0.112. The molecule has 69 heavy (non-hydrogen) atoms. The number of allylic oxidation sites excluding steroid dienone is 1. The Hall–Kier alpha value is -3.44. The fourth-order valence-electron chi connectivity index (χ4n) is 13.5. The zero-order chi connectivity index (χ0) is 47.8. The third-order valence-electron chi connectivity index (χ3n) is 16.7. The van der Waals surface area contributed by atoms with Crippen LogP contribution in [0.4, 0.5) is 0 Å². The number of rotatable bonds is 11. The number of methoxy groups -OCH3 is 1. The maximum absolute atomic E-state index is 13.6. The molecular weight excluding hydrogens is 951 g/mol. The molecule has 2 saturated carbocycles. The summed E-state index contributed by atoms with van der Waals surface area (Å²) in [4.78, 5) is 3.40. The number of aromatic amines is 1. The van der Waals surface area contributed by atoms with Crippen LogP contribution in [0.2, 0.25) is 0 Å². The summed E-state index contributed by atoms with van der Waals surface area (Å²) >= 11 is 0. The molecule has 11 nitrogen and oxygen atoms in total. The Bertz CT molecular complexity index is 2620. The van der Waals surface area contributed by atoms with Crippen molar-refractivity contribution in [1.29, 1.82) is 0 Å². The van der Waals surface area contributed by atoms with Crippen LogP contribution in [0, 0.1) is 11.8 Å². The van der Waals surface area contributed by atoms with Crippen LogP contribution >= 0.6 is 43.2 Å². The minimum Gasteiger partial charge on any atom is -0.508 e. The number of nitrogens with one attached hydrogen (secondary N) is 1. The summed E-state index contributed by atoms with van der Waals surface area (Å²) in [5, 5.41) is 71.7. The molecule has 3 aromatic carbocycles. The first-order valence-electron chi connectivity index (χ1n) is 25.0. The maximum atomic E-state index is 13.6. The Labute approximate surface area is 420 Å². The number of H-pyrrole nitrogens is 1. The number of phenols is 3. The molecule has 5 aliphatic heterocycles. The lowest BCUT2D eigenvalue weighted by Crippen LogP contribution is -2.57. The van der Waals surface area contributed by atoms with Crippen molar-refractivity contribution in [2.75, 3.05) is 39.3 Å². The largest absolute Gasteiger partial charge is 0.508 e. The van der Waals surface area contributed by atoms with Gasteiger partial charge in [-0.25, -0.2) is 0 Å². The van der Waals surface area contributed by atoms with E-state index in [1.807, 2.05) is 61.4 Å². The van der Waals surface area contributed by atoms with Crippen LogP contribution in [-0.2, 0) is 11.0 Å². The molecule has 8 bridgehead atoms. The normalized spacial score (nSPS) is 29.8. The van der Waals surface area contributed by atoms with E-state index in [9.17, 15) is 30.6 Å². The number of hydrogen-bond acceptors (Lipinski definition) is 14. The van der Waals surface area contributed by atoms with Gasteiger partial charge in [-0.05, 0) is 133 Å². The Kier molecular flexibility index (Phi) is 13.1. The molecule has 0 unspecified atom stereocenters. The van der Waals surface area contributed by atoms with E-state index >= 15 is 0 Å². The van der Waals surface area contributed by atoms with Crippen molar-refractivity contribution < 1.29 is 49.6 Å². The minimum absolute atomic E-state index is 0.00230. The highest BCUT2D eigenvalue weighted by molar-refractivity contribution is 8.77. The molecule has 1 spiro atoms. The SMILES string of the molecule is COc1c(O)c(OCCC(C)C)cc([C@@]23CC[C@@H]4SS[C@H]5C[C@H]6CC[C@@H]7c8cc(O)ccc8-c8c(OCCO)cc(c(c8[C@@]7(CO)CSSC7(CCCCC7)C5=C(c5cc[nH]c5)C6)[C@H]4[C@H]2O)O3)c1O. The fourth-order valence-corrected chi connectivity index (χ4v) is 21.3. The third-order valence-corrected chi connectivity index (χ3v) is 23.4. The monoisotopic (exact) mass is 1020 g/mol. The number of benzene rings is 3. The quantitative estimate of drug-likeness (QED) is 0.0707. The molecule has 15 heteroatoms. The molecule has 4 aromatic rings. The molecule has 7 N–H and O–H groups in total. The summed E-state index contributed by atoms with van der Waals surface area (Å²) in [6.07, 6.45) is 14.1. The number of aromatic hydroxyl groups is 3. The van der Waals surface area contributed by atoms with Gasteiger partial charge in [0.1, 0.15) is 30.0 Å². The van der Waals surface area contributed by atoms with Crippen LogP contribution in [0.1, 0.15) is 131 Å². The third kappa shape index (κ3) is 7.75. The molecule has 4 aliphatic carbocycles. The highest BCUT2D eigenvalue weighted by atomic mass is 33.1. The van der Waals surface area contributed by atoms with E-state index in [-0.39, 0.29) is 75.3 Å². The van der Waals surface area contributed by atoms with Gasteiger partial charge in [-0.1, -0.05) is 82.4 Å². The Morgan fingerprint density at radius 2 is 1.74 bits per heavy atom. The maximum Gasteiger partial charge on any atom is 0.207 e. The Morgan fingerprint density at radius 1 is 0.913 bits per heavy atom. The Morgan fingerprint density at radius 3 is 2.49 bits per heavy atom. The van der Waals surface area contributed by atoms with Crippen molar-refractivity contribution in [3.8, 4) is 51.4 Å². The van der Waals surface area contributed by atoms with E-state index in [2.05, 4.69) is 37.3 Å². The van der Waals surface area contributed by atoms with E-state index in [4.69, 9.17) is 18.9 Å². The second-order valence-electron chi connectivity index (χ2n) is 20.9. The van der Waals surface area contributed by atoms with Crippen molar-refractivity contribution in [2.45, 2.75) is 135 Å². The van der Waals surface area contributed by atoms with Crippen LogP contribution in [-0.4, -0.2) is 96.3 Å². The van der Waals surface area contributed by atoms with Gasteiger partial charge in [0.2, 0.25) is 11.5 Å². The van der Waals surface area contributed by atoms with Crippen molar-refractivity contribution in [2.24, 2.45) is 11.8 Å². The minimum atomic E-state index is -1.52. The lowest BCUT2D eigenvalue weighted by atomic mass is 9.56. The molecule has 3 fully saturated rings. The van der Waals surface area contributed by atoms with Gasteiger partial charge in [0.25, 0.3) is 0 Å². The van der Waals surface area contributed by atoms with Crippen LogP contribution in [0.25, 0.3) is 16.7 Å². The molecular formula is C54H65NO10S4. The van der Waals surface area contributed by atoms with E-state index in [1.54, 1.807) is 17.7 Å². The van der Waals surface area contributed by atoms with Gasteiger partial charge in [-0.15, -0.1) is 0 Å². The summed E-state index contributed by atoms with van der Waals surface area (Å²) in [5.41, 5.74) is 6.52. The molecule has 370 valence electrons. The number of fused-ring (bicyclic) bond motifs is 5. The van der Waals surface area contributed by atoms with Gasteiger partial charge >= 0.3 is 0 Å². The molecule has 0 amide bonds. The van der Waals surface area contributed by atoms with E-state index in [0.717, 1.165) is 85.6 Å². The highest BCUT2D eigenvalue weighted by Gasteiger charge is 2.62. The molecule has 1 aromatic heterocycles. The van der Waals surface area contributed by atoms with Crippen LogP contribution in [0.3, 0.4) is 0 Å². The smallest absolute Gasteiger partial charge is 0.207 e. The first kappa shape index (κ1) is 47.9. The second-order valence-corrected chi connectivity index (χ2v) is 26.3. The molecule has 6 heterocycles. The van der Waals surface area contributed by atoms with Gasteiger partial charge < -0.3 is 54.6 Å². The highest BCUT2D eigenvalue weighted by Crippen LogP contribution is 2.70. The summed E-state index contributed by atoms with van der Waals surface area (Å²) < 4.78 is 25.8. The number of phenolic OH excluding ortho intramolecular Hbond substituents is 3. The first-order valence-corrected chi connectivity index (χ1v) is 29.6. The van der Waals surface area contributed by atoms with Crippen molar-refractivity contribution in [1.82, 2.24) is 4.98 Å². The number of hydrogen-bond donors (Lipinski definition) is 7.